The number of aromatic nitrogens is 2. The predicted octanol–water partition coefficient (Wildman–Crippen LogP) is 3.20. The Hall–Kier alpha value is -1.55. The number of anilines is 1. The first kappa shape index (κ1) is 11.9. The monoisotopic (exact) mass is 245 g/mol. The van der Waals surface area contributed by atoms with Crippen LogP contribution in [0.15, 0.2) is 47.6 Å². The minimum Gasteiger partial charge on any atom is -0.369 e. The van der Waals surface area contributed by atoms with Gasteiger partial charge in [0.15, 0.2) is 0 Å². The van der Waals surface area contributed by atoms with Gasteiger partial charge in [-0.3, -0.25) is 4.98 Å². The maximum Gasteiger partial charge on any atom is 0.144 e. The Morgan fingerprint density at radius 3 is 2.59 bits per heavy atom. The maximum atomic E-state index is 4.37. The molecular formula is C13H15N3S. The summed E-state index contributed by atoms with van der Waals surface area (Å²) in [5.41, 5.74) is 1.00. The second-order valence-electron chi connectivity index (χ2n) is 3.53. The molecule has 1 heterocycles. The Morgan fingerprint density at radius 2 is 1.94 bits per heavy atom. The van der Waals surface area contributed by atoms with Crippen LogP contribution in [-0.2, 0) is 5.75 Å². The number of nitrogens with one attached hydrogen (secondary N) is 1. The first-order valence-corrected chi connectivity index (χ1v) is 6.59. The van der Waals surface area contributed by atoms with Gasteiger partial charge < -0.3 is 5.32 Å². The molecule has 0 atom stereocenters. The molecule has 4 heteroatoms. The van der Waals surface area contributed by atoms with Crippen LogP contribution in [0.3, 0.4) is 0 Å². The number of hydrogen-bond donors (Lipinski definition) is 1. The number of nitrogens with zero attached hydrogens (tertiary/aromatic N) is 2. The third-order valence-corrected chi connectivity index (χ3v) is 3.24. The van der Waals surface area contributed by atoms with Gasteiger partial charge in [-0.1, -0.05) is 18.2 Å². The summed E-state index contributed by atoms with van der Waals surface area (Å²) in [6, 6.07) is 10.3. The van der Waals surface area contributed by atoms with Crippen LogP contribution in [0.4, 0.5) is 5.82 Å². The molecule has 0 unspecified atom stereocenters. The highest BCUT2D eigenvalue weighted by Crippen LogP contribution is 2.20. The van der Waals surface area contributed by atoms with E-state index in [0.717, 1.165) is 23.8 Å². The molecule has 1 N–H and O–H groups in total. The van der Waals surface area contributed by atoms with E-state index in [1.807, 2.05) is 31.3 Å². The first-order valence-electron chi connectivity index (χ1n) is 5.61. The topological polar surface area (TPSA) is 37.8 Å². The van der Waals surface area contributed by atoms with E-state index >= 15 is 0 Å². The largest absolute Gasteiger partial charge is 0.369 e. The van der Waals surface area contributed by atoms with Crippen molar-refractivity contribution in [3.8, 4) is 0 Å². The van der Waals surface area contributed by atoms with Crippen molar-refractivity contribution in [2.75, 3.05) is 11.9 Å². The van der Waals surface area contributed by atoms with Crippen LogP contribution in [0.2, 0.25) is 0 Å². The molecule has 0 saturated carbocycles. The molecule has 2 rings (SSSR count). The summed E-state index contributed by atoms with van der Waals surface area (Å²) in [5.74, 6) is 1.68. The van der Waals surface area contributed by atoms with E-state index < -0.39 is 0 Å². The van der Waals surface area contributed by atoms with E-state index in [-0.39, 0.29) is 0 Å². The lowest BCUT2D eigenvalue weighted by atomic mass is 10.4. The molecule has 17 heavy (non-hydrogen) atoms. The number of thioether (sulfide) groups is 1. The maximum absolute atomic E-state index is 4.37. The molecule has 0 saturated heterocycles. The summed E-state index contributed by atoms with van der Waals surface area (Å²) in [5, 5.41) is 3.13. The van der Waals surface area contributed by atoms with Crippen LogP contribution in [-0.4, -0.2) is 16.5 Å². The zero-order valence-corrected chi connectivity index (χ0v) is 10.6. The molecule has 1 aromatic carbocycles. The molecule has 88 valence electrons. The molecule has 0 aliphatic heterocycles. The minimum atomic E-state index is 0.834. The van der Waals surface area contributed by atoms with E-state index in [2.05, 4.69) is 27.4 Å². The van der Waals surface area contributed by atoms with Crippen LogP contribution >= 0.6 is 11.8 Å². The summed E-state index contributed by atoms with van der Waals surface area (Å²) >= 11 is 1.77. The van der Waals surface area contributed by atoms with Crippen molar-refractivity contribution >= 4 is 17.6 Å². The summed E-state index contributed by atoms with van der Waals surface area (Å²) in [7, 11) is 0. The molecule has 0 aliphatic carbocycles. The van der Waals surface area contributed by atoms with E-state index in [1.165, 1.54) is 4.90 Å². The first-order chi connectivity index (χ1) is 8.38. The van der Waals surface area contributed by atoms with Crippen LogP contribution in [0.5, 0.6) is 0 Å². The molecule has 3 nitrogen and oxygen atoms in total. The van der Waals surface area contributed by atoms with Gasteiger partial charge in [-0.05, 0) is 19.1 Å². The van der Waals surface area contributed by atoms with Gasteiger partial charge in [0.1, 0.15) is 5.82 Å². The zero-order chi connectivity index (χ0) is 11.9. The average Bonchev–Trinajstić information content (AvgIpc) is 2.40. The molecule has 2 aromatic rings. The third-order valence-electron chi connectivity index (χ3n) is 2.19. The third kappa shape index (κ3) is 3.75. The fraction of sp³-hybridized carbons (Fsp3) is 0.231. The fourth-order valence-electron chi connectivity index (χ4n) is 1.38. The van der Waals surface area contributed by atoms with Crippen LogP contribution < -0.4 is 5.32 Å². The van der Waals surface area contributed by atoms with Gasteiger partial charge in [-0.25, -0.2) is 4.98 Å². The van der Waals surface area contributed by atoms with Gasteiger partial charge in [-0.15, -0.1) is 11.8 Å². The molecule has 0 fully saturated rings. The van der Waals surface area contributed by atoms with Crippen molar-refractivity contribution in [2.45, 2.75) is 17.6 Å². The highest BCUT2D eigenvalue weighted by molar-refractivity contribution is 7.98. The minimum absolute atomic E-state index is 0.834. The Bertz CT molecular complexity index is 442. The van der Waals surface area contributed by atoms with Crippen molar-refractivity contribution in [3.63, 3.8) is 0 Å². The molecule has 0 aliphatic rings. The van der Waals surface area contributed by atoms with Gasteiger partial charge >= 0.3 is 0 Å². The standard InChI is InChI=1S/C13H15N3S/c1-2-14-13-9-15-11(8-16-13)10-17-12-6-4-3-5-7-12/h3-9H,2,10H2,1H3,(H,14,16). The van der Waals surface area contributed by atoms with Crippen molar-refractivity contribution in [3.05, 3.63) is 48.4 Å². The summed E-state index contributed by atoms with van der Waals surface area (Å²) in [6.45, 7) is 2.91. The number of benzene rings is 1. The molecule has 1 aromatic heterocycles. The number of hydrogen-bond acceptors (Lipinski definition) is 4. The molecule has 0 spiro atoms. The van der Waals surface area contributed by atoms with E-state index in [9.17, 15) is 0 Å². The van der Waals surface area contributed by atoms with Crippen molar-refractivity contribution in [2.24, 2.45) is 0 Å². The quantitative estimate of drug-likeness (QED) is 0.821. The Kier molecular flexibility index (Phi) is 4.38. The smallest absolute Gasteiger partial charge is 0.144 e. The van der Waals surface area contributed by atoms with Gasteiger partial charge in [0.25, 0.3) is 0 Å². The molecule has 0 bridgehead atoms. The second kappa shape index (κ2) is 6.25. The SMILES string of the molecule is CCNc1cnc(CSc2ccccc2)cn1. The lowest BCUT2D eigenvalue weighted by molar-refractivity contribution is 1.07. The van der Waals surface area contributed by atoms with E-state index in [0.29, 0.717) is 0 Å². The van der Waals surface area contributed by atoms with Gasteiger partial charge in [0, 0.05) is 17.2 Å². The zero-order valence-electron chi connectivity index (χ0n) is 9.76. The predicted molar refractivity (Wildman–Crippen MR) is 72.2 cm³/mol. The van der Waals surface area contributed by atoms with E-state index in [4.69, 9.17) is 0 Å². The summed E-state index contributed by atoms with van der Waals surface area (Å²) < 4.78 is 0. The van der Waals surface area contributed by atoms with Crippen LogP contribution in [0.1, 0.15) is 12.6 Å². The molecule has 0 radical (unpaired) electrons. The Morgan fingerprint density at radius 1 is 1.12 bits per heavy atom. The molecule has 0 amide bonds. The van der Waals surface area contributed by atoms with Crippen LogP contribution in [0.25, 0.3) is 0 Å². The van der Waals surface area contributed by atoms with Gasteiger partial charge in [-0.2, -0.15) is 0 Å². The lowest BCUT2D eigenvalue weighted by Gasteiger charge is -2.03. The van der Waals surface area contributed by atoms with Gasteiger partial charge in [0.2, 0.25) is 0 Å². The molecular weight excluding hydrogens is 230 g/mol. The van der Waals surface area contributed by atoms with Crippen molar-refractivity contribution in [1.82, 2.24) is 9.97 Å². The fourth-order valence-corrected chi connectivity index (χ4v) is 2.19. The van der Waals surface area contributed by atoms with Crippen LogP contribution in [0, 0.1) is 0 Å². The highest BCUT2D eigenvalue weighted by atomic mass is 32.2. The summed E-state index contributed by atoms with van der Waals surface area (Å²) in [4.78, 5) is 9.91. The van der Waals surface area contributed by atoms with Crippen molar-refractivity contribution in [1.29, 1.82) is 0 Å². The highest BCUT2D eigenvalue weighted by Gasteiger charge is 1.98. The Balaban J connectivity index is 1.91. The Labute approximate surface area is 106 Å². The van der Waals surface area contributed by atoms with Crippen molar-refractivity contribution < 1.29 is 0 Å². The normalized spacial score (nSPS) is 10.2. The van der Waals surface area contributed by atoms with E-state index in [1.54, 1.807) is 18.0 Å². The number of rotatable bonds is 5. The van der Waals surface area contributed by atoms with Gasteiger partial charge in [0.05, 0.1) is 18.1 Å². The summed E-state index contributed by atoms with van der Waals surface area (Å²) in [6.07, 6.45) is 3.61. The average molecular weight is 245 g/mol. The lowest BCUT2D eigenvalue weighted by Crippen LogP contribution is -2.00. The second-order valence-corrected chi connectivity index (χ2v) is 4.57.